The van der Waals surface area contributed by atoms with Crippen LogP contribution in [0.2, 0.25) is 0 Å². The monoisotopic (exact) mass is 464 g/mol. The predicted octanol–water partition coefficient (Wildman–Crippen LogP) is 6.95. The Hall–Kier alpha value is -2.87. The number of hydrogen-bond donors (Lipinski definition) is 1. The molecule has 1 unspecified atom stereocenters. The van der Waals surface area contributed by atoms with Crippen molar-refractivity contribution in [3.05, 3.63) is 77.0 Å². The fourth-order valence-corrected chi connectivity index (χ4v) is 4.03. The number of alkyl halides is 3. The summed E-state index contributed by atoms with van der Waals surface area (Å²) in [6.07, 6.45) is -3.83. The lowest BCUT2D eigenvalue weighted by Gasteiger charge is -2.11. The number of aryl methyl sites for hydroxylation is 1. The molecule has 0 saturated carbocycles. The van der Waals surface area contributed by atoms with E-state index in [2.05, 4.69) is 0 Å². The Morgan fingerprint density at radius 2 is 1.88 bits per heavy atom. The number of thioether (sulfide) groups is 1. The smallest absolute Gasteiger partial charge is 0.416 e. The summed E-state index contributed by atoms with van der Waals surface area (Å²) >= 11 is 1.37. The molecule has 4 nitrogen and oxygen atoms in total. The van der Waals surface area contributed by atoms with Crippen LogP contribution in [0.1, 0.15) is 35.8 Å². The second-order valence-corrected chi connectivity index (χ2v) is 8.44. The Balaban J connectivity index is 1.64. The number of ether oxygens (including phenoxy) is 1. The summed E-state index contributed by atoms with van der Waals surface area (Å²) < 4.78 is 49.9. The van der Waals surface area contributed by atoms with Crippen molar-refractivity contribution in [1.82, 2.24) is 0 Å². The number of benzene rings is 2. The lowest BCUT2D eigenvalue weighted by molar-refractivity contribution is -0.138. The number of furan rings is 1. The summed E-state index contributed by atoms with van der Waals surface area (Å²) in [5, 5.41) is 8.72. The molecular weight excluding hydrogens is 441 g/mol. The van der Waals surface area contributed by atoms with Gasteiger partial charge in [0.25, 0.3) is 0 Å². The van der Waals surface area contributed by atoms with Crippen molar-refractivity contribution in [2.24, 2.45) is 0 Å². The average molecular weight is 465 g/mol. The van der Waals surface area contributed by atoms with Crippen LogP contribution in [0.25, 0.3) is 11.3 Å². The van der Waals surface area contributed by atoms with Crippen molar-refractivity contribution in [2.75, 3.05) is 0 Å². The van der Waals surface area contributed by atoms with Gasteiger partial charge in [-0.3, -0.25) is 4.79 Å². The number of carboxylic acid groups (broad SMARTS) is 1. The quantitative estimate of drug-likeness (QED) is 0.371. The third-order valence-corrected chi connectivity index (χ3v) is 6.34. The Morgan fingerprint density at radius 3 is 2.50 bits per heavy atom. The van der Waals surface area contributed by atoms with E-state index in [1.165, 1.54) is 23.9 Å². The molecule has 0 aliphatic rings. The molecule has 0 amide bonds. The van der Waals surface area contributed by atoms with Gasteiger partial charge in [-0.1, -0.05) is 31.2 Å². The number of halogens is 3. The van der Waals surface area contributed by atoms with Crippen molar-refractivity contribution in [3.63, 3.8) is 0 Å². The first-order chi connectivity index (χ1) is 15.2. The molecule has 170 valence electrons. The van der Waals surface area contributed by atoms with E-state index in [1.54, 1.807) is 13.0 Å². The van der Waals surface area contributed by atoms with E-state index in [9.17, 15) is 23.1 Å². The van der Waals surface area contributed by atoms with Gasteiger partial charge in [0.15, 0.2) is 0 Å². The SMILES string of the molecule is CCC(SCc1cccc(OCc2cc(-c3ccc(C(F)(F)F)cc3)oc2C)c1)C(=O)O. The Bertz CT molecular complexity index is 1060. The van der Waals surface area contributed by atoms with Crippen molar-refractivity contribution >= 4 is 17.7 Å². The van der Waals surface area contributed by atoms with E-state index in [-0.39, 0.29) is 6.61 Å². The Labute approximate surface area is 188 Å². The molecule has 1 aromatic heterocycles. The maximum absolute atomic E-state index is 12.8. The molecule has 1 heterocycles. The molecule has 0 bridgehead atoms. The lowest BCUT2D eigenvalue weighted by Crippen LogP contribution is -2.15. The first-order valence-electron chi connectivity index (χ1n) is 10.0. The van der Waals surface area contributed by atoms with E-state index in [4.69, 9.17) is 9.15 Å². The van der Waals surface area contributed by atoms with Gasteiger partial charge in [0, 0.05) is 16.9 Å². The molecule has 1 atom stereocenters. The third kappa shape index (κ3) is 6.09. The van der Waals surface area contributed by atoms with Crippen LogP contribution in [0.3, 0.4) is 0 Å². The van der Waals surface area contributed by atoms with Crippen molar-refractivity contribution in [1.29, 1.82) is 0 Å². The molecule has 3 rings (SSSR count). The van der Waals surface area contributed by atoms with Gasteiger partial charge in [0.05, 0.1) is 5.56 Å². The molecule has 32 heavy (non-hydrogen) atoms. The molecule has 0 radical (unpaired) electrons. The minimum absolute atomic E-state index is 0.235. The van der Waals surface area contributed by atoms with E-state index in [0.29, 0.717) is 35.0 Å². The normalized spacial score (nSPS) is 12.5. The van der Waals surface area contributed by atoms with E-state index in [1.807, 2.05) is 31.2 Å². The number of hydrogen-bond acceptors (Lipinski definition) is 4. The summed E-state index contributed by atoms with van der Waals surface area (Å²) in [6, 6.07) is 14.0. The van der Waals surface area contributed by atoms with Crippen LogP contribution in [-0.2, 0) is 23.3 Å². The van der Waals surface area contributed by atoms with Crippen molar-refractivity contribution in [2.45, 2.75) is 44.1 Å². The number of aliphatic carboxylic acids is 1. The van der Waals surface area contributed by atoms with E-state index < -0.39 is 23.0 Å². The fourth-order valence-electron chi connectivity index (χ4n) is 3.08. The van der Waals surface area contributed by atoms with Crippen LogP contribution in [-0.4, -0.2) is 16.3 Å². The summed E-state index contributed by atoms with van der Waals surface area (Å²) in [5.41, 5.74) is 1.59. The highest BCUT2D eigenvalue weighted by molar-refractivity contribution is 7.99. The zero-order valence-electron chi connectivity index (χ0n) is 17.6. The molecule has 0 saturated heterocycles. The second-order valence-electron chi connectivity index (χ2n) is 7.25. The lowest BCUT2D eigenvalue weighted by atomic mass is 10.1. The molecule has 1 N–H and O–H groups in total. The highest BCUT2D eigenvalue weighted by Gasteiger charge is 2.30. The summed E-state index contributed by atoms with van der Waals surface area (Å²) in [7, 11) is 0. The maximum Gasteiger partial charge on any atom is 0.416 e. The zero-order chi connectivity index (χ0) is 23.3. The van der Waals surface area contributed by atoms with Crippen LogP contribution in [0.15, 0.2) is 59.0 Å². The zero-order valence-corrected chi connectivity index (χ0v) is 18.4. The predicted molar refractivity (Wildman–Crippen MR) is 118 cm³/mol. The van der Waals surface area contributed by atoms with Crippen molar-refractivity contribution in [3.8, 4) is 17.1 Å². The highest BCUT2D eigenvalue weighted by atomic mass is 32.2. The van der Waals surface area contributed by atoms with Gasteiger partial charge in [0.1, 0.15) is 29.1 Å². The molecule has 2 aromatic carbocycles. The van der Waals surface area contributed by atoms with Gasteiger partial charge in [-0.25, -0.2) is 0 Å². The summed E-state index contributed by atoms with van der Waals surface area (Å²) in [6.45, 7) is 3.85. The van der Waals surface area contributed by atoms with Gasteiger partial charge in [-0.15, -0.1) is 11.8 Å². The minimum atomic E-state index is -4.38. The molecule has 0 aliphatic heterocycles. The Kier molecular flexibility index (Phi) is 7.56. The molecule has 8 heteroatoms. The minimum Gasteiger partial charge on any atom is -0.489 e. The van der Waals surface area contributed by atoms with Gasteiger partial charge in [-0.2, -0.15) is 13.2 Å². The first kappa shape index (κ1) is 23.8. The van der Waals surface area contributed by atoms with Gasteiger partial charge in [-0.05, 0) is 49.2 Å². The third-order valence-electron chi connectivity index (χ3n) is 4.91. The number of rotatable bonds is 9. The summed E-state index contributed by atoms with van der Waals surface area (Å²) in [4.78, 5) is 11.2. The first-order valence-corrected chi connectivity index (χ1v) is 11.1. The number of carbonyl (C=O) groups is 1. The van der Waals surface area contributed by atoms with Crippen LogP contribution in [0.5, 0.6) is 5.75 Å². The molecule has 0 spiro atoms. The van der Waals surface area contributed by atoms with Crippen molar-refractivity contribution < 1.29 is 32.2 Å². The Morgan fingerprint density at radius 1 is 1.16 bits per heavy atom. The van der Waals surface area contributed by atoms with Crippen LogP contribution < -0.4 is 4.74 Å². The highest BCUT2D eigenvalue weighted by Crippen LogP contribution is 2.32. The molecular formula is C24H23F3O4S. The largest absolute Gasteiger partial charge is 0.489 e. The maximum atomic E-state index is 12.8. The topological polar surface area (TPSA) is 59.7 Å². The van der Waals surface area contributed by atoms with Crippen LogP contribution >= 0.6 is 11.8 Å². The van der Waals surface area contributed by atoms with Crippen LogP contribution in [0.4, 0.5) is 13.2 Å². The number of carboxylic acids is 1. The van der Waals surface area contributed by atoms with E-state index in [0.717, 1.165) is 23.3 Å². The second kappa shape index (κ2) is 10.2. The van der Waals surface area contributed by atoms with E-state index >= 15 is 0 Å². The molecule has 3 aromatic rings. The van der Waals surface area contributed by atoms with Gasteiger partial charge < -0.3 is 14.3 Å². The average Bonchev–Trinajstić information content (AvgIpc) is 3.13. The van der Waals surface area contributed by atoms with Crippen LogP contribution in [0, 0.1) is 6.92 Å². The molecule has 0 fully saturated rings. The standard InChI is InChI=1S/C24H23F3O4S/c1-3-22(23(28)29)32-14-16-5-4-6-20(11-16)30-13-18-12-21(31-15(18)2)17-7-9-19(10-8-17)24(25,26)27/h4-12,22H,3,13-14H2,1-2H3,(H,28,29). The van der Waals surface area contributed by atoms with Gasteiger partial charge >= 0.3 is 12.1 Å². The fraction of sp³-hybridized carbons (Fsp3) is 0.292. The summed E-state index contributed by atoms with van der Waals surface area (Å²) in [5.74, 6) is 1.48. The van der Waals surface area contributed by atoms with Gasteiger partial charge in [0.2, 0.25) is 0 Å². The molecule has 0 aliphatic carbocycles.